The molecule has 4 heteroatoms. The van der Waals surface area contributed by atoms with Gasteiger partial charge in [-0.25, -0.2) is 4.98 Å². The van der Waals surface area contributed by atoms with Gasteiger partial charge in [0, 0.05) is 18.5 Å². The number of likely N-dealkylation sites (N-methyl/N-ethyl adjacent to an activating group) is 1. The molecule has 0 saturated heterocycles. The maximum Gasteiger partial charge on any atom is 0.0795 e. The third-order valence-electron chi connectivity index (χ3n) is 1.49. The second-order valence-electron chi connectivity index (χ2n) is 3.03. The minimum Gasteiger partial charge on any atom is -0.392 e. The molecule has 1 aromatic heterocycles. The molecule has 68 valence electrons. The largest absolute Gasteiger partial charge is 0.392 e. The SMILES string of the molecule is C[C@H](O)CN(C)Cc1cscn1. The van der Waals surface area contributed by atoms with Crippen LogP contribution >= 0.6 is 11.3 Å². The number of aromatic nitrogens is 1. The standard InChI is InChI=1S/C8H14N2OS/c1-7(11)3-10(2)4-8-5-12-6-9-8/h5-7,11H,3-4H2,1-2H3/t7-/m0/s1. The summed E-state index contributed by atoms with van der Waals surface area (Å²) in [5, 5.41) is 11.1. The van der Waals surface area contributed by atoms with Gasteiger partial charge in [-0.05, 0) is 14.0 Å². The van der Waals surface area contributed by atoms with Gasteiger partial charge in [0.05, 0.1) is 17.3 Å². The maximum absolute atomic E-state index is 9.09. The quantitative estimate of drug-likeness (QED) is 0.760. The summed E-state index contributed by atoms with van der Waals surface area (Å²) < 4.78 is 0. The van der Waals surface area contributed by atoms with E-state index in [1.807, 2.05) is 17.9 Å². The van der Waals surface area contributed by atoms with E-state index in [1.54, 1.807) is 18.3 Å². The lowest BCUT2D eigenvalue weighted by molar-refractivity contribution is 0.138. The van der Waals surface area contributed by atoms with Crippen molar-refractivity contribution < 1.29 is 5.11 Å². The van der Waals surface area contributed by atoms with Crippen LogP contribution in [-0.4, -0.2) is 34.7 Å². The van der Waals surface area contributed by atoms with Gasteiger partial charge in [0.2, 0.25) is 0 Å². The lowest BCUT2D eigenvalue weighted by Crippen LogP contribution is -2.26. The first kappa shape index (κ1) is 9.64. The summed E-state index contributed by atoms with van der Waals surface area (Å²) in [4.78, 5) is 6.21. The molecule has 0 fully saturated rings. The zero-order chi connectivity index (χ0) is 8.97. The average molecular weight is 186 g/mol. The Hall–Kier alpha value is -0.450. The smallest absolute Gasteiger partial charge is 0.0795 e. The van der Waals surface area contributed by atoms with Gasteiger partial charge in [-0.15, -0.1) is 11.3 Å². The van der Waals surface area contributed by atoms with E-state index in [9.17, 15) is 0 Å². The van der Waals surface area contributed by atoms with Crippen LogP contribution in [0.25, 0.3) is 0 Å². The van der Waals surface area contributed by atoms with Crippen LogP contribution in [0, 0.1) is 0 Å². The minimum absolute atomic E-state index is 0.270. The van der Waals surface area contributed by atoms with E-state index in [0.29, 0.717) is 6.54 Å². The molecule has 1 heterocycles. The molecule has 1 rings (SSSR count). The minimum atomic E-state index is -0.270. The number of aliphatic hydroxyl groups is 1. The van der Waals surface area contributed by atoms with Crippen LogP contribution in [-0.2, 0) is 6.54 Å². The summed E-state index contributed by atoms with van der Waals surface area (Å²) in [6.07, 6.45) is -0.270. The number of hydrogen-bond acceptors (Lipinski definition) is 4. The van der Waals surface area contributed by atoms with Gasteiger partial charge in [0.1, 0.15) is 0 Å². The molecule has 0 unspecified atom stereocenters. The van der Waals surface area contributed by atoms with E-state index in [-0.39, 0.29) is 6.10 Å². The first-order chi connectivity index (χ1) is 5.68. The van der Waals surface area contributed by atoms with E-state index in [0.717, 1.165) is 12.2 Å². The van der Waals surface area contributed by atoms with E-state index < -0.39 is 0 Å². The van der Waals surface area contributed by atoms with Crippen LogP contribution in [0.3, 0.4) is 0 Å². The number of hydrogen-bond donors (Lipinski definition) is 1. The molecule has 1 N–H and O–H groups in total. The Bertz CT molecular complexity index is 211. The highest BCUT2D eigenvalue weighted by atomic mass is 32.1. The summed E-state index contributed by atoms with van der Waals surface area (Å²) >= 11 is 1.60. The van der Waals surface area contributed by atoms with Crippen molar-refractivity contribution in [2.24, 2.45) is 0 Å². The van der Waals surface area contributed by atoms with Crippen LogP contribution < -0.4 is 0 Å². The highest BCUT2D eigenvalue weighted by Gasteiger charge is 2.04. The third kappa shape index (κ3) is 3.30. The Kier molecular flexibility index (Phi) is 3.65. The Labute approximate surface area is 76.7 Å². The summed E-state index contributed by atoms with van der Waals surface area (Å²) in [7, 11) is 1.98. The van der Waals surface area contributed by atoms with Crippen molar-refractivity contribution in [2.75, 3.05) is 13.6 Å². The molecule has 0 bridgehead atoms. The van der Waals surface area contributed by atoms with Crippen molar-refractivity contribution >= 4 is 11.3 Å². The molecule has 3 nitrogen and oxygen atoms in total. The first-order valence-electron chi connectivity index (χ1n) is 3.92. The molecule has 0 spiro atoms. The predicted octanol–water partition coefficient (Wildman–Crippen LogP) is 0.956. The molecule has 0 amide bonds. The van der Waals surface area contributed by atoms with E-state index in [4.69, 9.17) is 5.11 Å². The van der Waals surface area contributed by atoms with Gasteiger partial charge < -0.3 is 5.11 Å². The van der Waals surface area contributed by atoms with Crippen LogP contribution in [0.5, 0.6) is 0 Å². The number of aliphatic hydroxyl groups excluding tert-OH is 1. The predicted molar refractivity (Wildman–Crippen MR) is 50.1 cm³/mol. The van der Waals surface area contributed by atoms with Crippen molar-refractivity contribution in [3.63, 3.8) is 0 Å². The second kappa shape index (κ2) is 4.54. The highest BCUT2D eigenvalue weighted by molar-refractivity contribution is 7.07. The van der Waals surface area contributed by atoms with Crippen molar-refractivity contribution in [1.29, 1.82) is 0 Å². The molecule has 0 aliphatic rings. The Morgan fingerprint density at radius 2 is 2.50 bits per heavy atom. The summed E-state index contributed by atoms with van der Waals surface area (Å²) in [6, 6.07) is 0. The molecule has 0 saturated carbocycles. The lowest BCUT2D eigenvalue weighted by atomic mass is 10.3. The molecule has 12 heavy (non-hydrogen) atoms. The van der Waals surface area contributed by atoms with Crippen LogP contribution in [0.1, 0.15) is 12.6 Å². The van der Waals surface area contributed by atoms with Crippen LogP contribution in [0.2, 0.25) is 0 Å². The van der Waals surface area contributed by atoms with Gasteiger partial charge >= 0.3 is 0 Å². The number of thiazole rings is 1. The molecule has 1 atom stereocenters. The fourth-order valence-corrected chi connectivity index (χ4v) is 1.66. The van der Waals surface area contributed by atoms with E-state index in [1.165, 1.54) is 0 Å². The van der Waals surface area contributed by atoms with Crippen LogP contribution in [0.4, 0.5) is 0 Å². The lowest BCUT2D eigenvalue weighted by Gasteiger charge is -2.16. The second-order valence-corrected chi connectivity index (χ2v) is 3.74. The Morgan fingerprint density at radius 3 is 3.00 bits per heavy atom. The fraction of sp³-hybridized carbons (Fsp3) is 0.625. The van der Waals surface area contributed by atoms with Gasteiger partial charge in [0.25, 0.3) is 0 Å². The molecule has 0 radical (unpaired) electrons. The van der Waals surface area contributed by atoms with Gasteiger partial charge in [-0.1, -0.05) is 0 Å². The van der Waals surface area contributed by atoms with Crippen molar-refractivity contribution in [3.8, 4) is 0 Å². The molecule has 0 aromatic carbocycles. The molecule has 0 aliphatic carbocycles. The van der Waals surface area contributed by atoms with Gasteiger partial charge in [-0.3, -0.25) is 4.90 Å². The topological polar surface area (TPSA) is 36.4 Å². The van der Waals surface area contributed by atoms with Crippen LogP contribution in [0.15, 0.2) is 10.9 Å². The molecular weight excluding hydrogens is 172 g/mol. The third-order valence-corrected chi connectivity index (χ3v) is 2.13. The van der Waals surface area contributed by atoms with Gasteiger partial charge in [-0.2, -0.15) is 0 Å². The molecule has 0 aliphatic heterocycles. The maximum atomic E-state index is 9.09. The van der Waals surface area contributed by atoms with E-state index in [2.05, 4.69) is 9.88 Å². The number of rotatable bonds is 4. The Morgan fingerprint density at radius 1 is 1.75 bits per heavy atom. The monoisotopic (exact) mass is 186 g/mol. The number of nitrogens with zero attached hydrogens (tertiary/aromatic N) is 2. The summed E-state index contributed by atoms with van der Waals surface area (Å²) in [5.41, 5.74) is 2.90. The van der Waals surface area contributed by atoms with Crippen molar-refractivity contribution in [1.82, 2.24) is 9.88 Å². The summed E-state index contributed by atoms with van der Waals surface area (Å²) in [5.74, 6) is 0. The van der Waals surface area contributed by atoms with Crippen molar-refractivity contribution in [3.05, 3.63) is 16.6 Å². The molecule has 1 aromatic rings. The zero-order valence-electron chi connectivity index (χ0n) is 7.40. The normalized spacial score (nSPS) is 13.7. The van der Waals surface area contributed by atoms with Gasteiger partial charge in [0.15, 0.2) is 0 Å². The highest BCUT2D eigenvalue weighted by Crippen LogP contribution is 2.03. The summed E-state index contributed by atoms with van der Waals surface area (Å²) in [6.45, 7) is 3.30. The Balaban J connectivity index is 2.32. The average Bonchev–Trinajstić information content (AvgIpc) is 2.37. The molecular formula is C8H14N2OS. The first-order valence-corrected chi connectivity index (χ1v) is 4.86. The fourth-order valence-electron chi connectivity index (χ4n) is 1.11. The van der Waals surface area contributed by atoms with Crippen molar-refractivity contribution in [2.45, 2.75) is 19.6 Å². The van der Waals surface area contributed by atoms with E-state index >= 15 is 0 Å². The zero-order valence-corrected chi connectivity index (χ0v) is 8.21.